The van der Waals surface area contributed by atoms with Crippen LogP contribution in [0.25, 0.3) is 17.2 Å². The van der Waals surface area contributed by atoms with Crippen molar-refractivity contribution < 1.29 is 4.74 Å². The molecule has 1 saturated heterocycles. The molecule has 1 fully saturated rings. The van der Waals surface area contributed by atoms with E-state index in [0.29, 0.717) is 6.61 Å². The number of aromatic nitrogens is 7. The fraction of sp³-hybridized carbons (Fsp3) is 0.400. The van der Waals surface area contributed by atoms with Crippen LogP contribution in [-0.2, 0) is 4.74 Å². The molecule has 3 aromatic heterocycles. The molecular weight excluding hydrogens is 294 g/mol. The van der Waals surface area contributed by atoms with Crippen molar-refractivity contribution in [1.29, 1.82) is 0 Å². The Morgan fingerprint density at radius 2 is 2.13 bits per heavy atom. The van der Waals surface area contributed by atoms with Crippen LogP contribution in [0.1, 0.15) is 24.0 Å². The summed E-state index contributed by atoms with van der Waals surface area (Å²) in [5, 5.41) is 13.0. The van der Waals surface area contributed by atoms with Crippen LogP contribution in [0.2, 0.25) is 0 Å². The van der Waals surface area contributed by atoms with Gasteiger partial charge in [0.15, 0.2) is 5.82 Å². The van der Waals surface area contributed by atoms with Gasteiger partial charge in [0.25, 0.3) is 0 Å². The summed E-state index contributed by atoms with van der Waals surface area (Å²) in [5.74, 6) is 1.47. The summed E-state index contributed by atoms with van der Waals surface area (Å²) in [5.41, 5.74) is 2.43. The molecule has 4 heterocycles. The van der Waals surface area contributed by atoms with E-state index in [9.17, 15) is 0 Å². The largest absolute Gasteiger partial charge is 0.379 e. The van der Waals surface area contributed by atoms with Crippen molar-refractivity contribution in [3.8, 4) is 17.2 Å². The van der Waals surface area contributed by atoms with Gasteiger partial charge in [0, 0.05) is 24.6 Å². The third-order valence-electron chi connectivity index (χ3n) is 3.83. The van der Waals surface area contributed by atoms with Gasteiger partial charge in [-0.15, -0.1) is 5.10 Å². The van der Waals surface area contributed by atoms with E-state index in [2.05, 4.69) is 25.4 Å². The molecule has 0 bridgehead atoms. The Morgan fingerprint density at radius 3 is 2.91 bits per heavy atom. The molecule has 3 aromatic rings. The highest BCUT2D eigenvalue weighted by Crippen LogP contribution is 2.21. The molecule has 1 aliphatic rings. The highest BCUT2D eigenvalue weighted by molar-refractivity contribution is 5.51. The van der Waals surface area contributed by atoms with E-state index in [0.717, 1.165) is 41.8 Å². The van der Waals surface area contributed by atoms with E-state index < -0.39 is 0 Å². The van der Waals surface area contributed by atoms with Crippen molar-refractivity contribution in [2.45, 2.75) is 26.3 Å². The van der Waals surface area contributed by atoms with E-state index >= 15 is 0 Å². The average molecular weight is 311 g/mol. The van der Waals surface area contributed by atoms with Gasteiger partial charge in [-0.05, 0) is 26.3 Å². The molecule has 0 amide bonds. The molecule has 4 rings (SSSR count). The van der Waals surface area contributed by atoms with E-state index in [1.54, 1.807) is 4.68 Å². The van der Waals surface area contributed by atoms with Crippen molar-refractivity contribution in [3.63, 3.8) is 0 Å². The molecule has 0 saturated carbocycles. The fourth-order valence-electron chi connectivity index (χ4n) is 2.71. The van der Waals surface area contributed by atoms with Crippen LogP contribution in [0.4, 0.5) is 0 Å². The zero-order valence-electron chi connectivity index (χ0n) is 13.0. The number of nitrogens with zero attached hydrogens (tertiary/aromatic N) is 7. The molecule has 23 heavy (non-hydrogen) atoms. The van der Waals surface area contributed by atoms with E-state index in [1.807, 2.05) is 43.1 Å². The Bertz CT molecular complexity index is 812. The summed E-state index contributed by atoms with van der Waals surface area (Å²) >= 11 is 0. The van der Waals surface area contributed by atoms with E-state index in [-0.39, 0.29) is 6.04 Å². The van der Waals surface area contributed by atoms with Gasteiger partial charge < -0.3 is 4.74 Å². The van der Waals surface area contributed by atoms with Crippen molar-refractivity contribution in [3.05, 3.63) is 36.0 Å². The van der Waals surface area contributed by atoms with Crippen molar-refractivity contribution >= 4 is 0 Å². The average Bonchev–Trinajstić information content (AvgIpc) is 3.26. The Morgan fingerprint density at radius 1 is 1.22 bits per heavy atom. The van der Waals surface area contributed by atoms with Crippen molar-refractivity contribution in [2.24, 2.45) is 0 Å². The smallest absolute Gasteiger partial charge is 0.157 e. The fourth-order valence-corrected chi connectivity index (χ4v) is 2.71. The molecule has 118 valence electrons. The van der Waals surface area contributed by atoms with Gasteiger partial charge in [0.2, 0.25) is 0 Å². The Balaban J connectivity index is 1.62. The van der Waals surface area contributed by atoms with E-state index in [1.165, 1.54) is 0 Å². The normalized spacial score (nSPS) is 17.7. The van der Waals surface area contributed by atoms with Crippen LogP contribution >= 0.6 is 0 Å². The van der Waals surface area contributed by atoms with Crippen LogP contribution in [0.3, 0.4) is 0 Å². The van der Waals surface area contributed by atoms with Gasteiger partial charge in [0.1, 0.15) is 17.2 Å². The lowest BCUT2D eigenvalue weighted by Crippen LogP contribution is -2.08. The maximum absolute atomic E-state index is 5.39. The quantitative estimate of drug-likeness (QED) is 0.729. The number of aryl methyl sites for hydroxylation is 2. The first kappa shape index (κ1) is 14.0. The molecule has 1 unspecified atom stereocenters. The van der Waals surface area contributed by atoms with Crippen LogP contribution in [0.15, 0.2) is 24.5 Å². The Labute approximate surface area is 133 Å². The predicted octanol–water partition coefficient (Wildman–Crippen LogP) is 1.50. The third-order valence-corrected chi connectivity index (χ3v) is 3.83. The van der Waals surface area contributed by atoms with Gasteiger partial charge in [-0.2, -0.15) is 5.10 Å². The number of hydrogen-bond donors (Lipinski definition) is 0. The number of hydrogen-bond acceptors (Lipinski definition) is 6. The van der Waals surface area contributed by atoms with Gasteiger partial charge in [-0.25, -0.2) is 19.3 Å². The summed E-state index contributed by atoms with van der Waals surface area (Å²) < 4.78 is 8.98. The maximum atomic E-state index is 5.39. The second-order valence-electron chi connectivity index (χ2n) is 5.66. The highest BCUT2D eigenvalue weighted by atomic mass is 16.5. The molecule has 0 N–H and O–H groups in total. The van der Waals surface area contributed by atoms with E-state index in [4.69, 9.17) is 4.74 Å². The third kappa shape index (κ3) is 2.72. The molecular formula is C15H17N7O. The SMILES string of the molecule is Cc1cc(-n2ccc(-c3cn(C4CCOC4)nn3)n2)nc(C)n1. The summed E-state index contributed by atoms with van der Waals surface area (Å²) in [6.45, 7) is 5.28. The molecule has 0 aliphatic carbocycles. The minimum atomic E-state index is 0.269. The van der Waals surface area contributed by atoms with Crippen molar-refractivity contribution in [1.82, 2.24) is 34.7 Å². The minimum absolute atomic E-state index is 0.269. The monoisotopic (exact) mass is 311 g/mol. The highest BCUT2D eigenvalue weighted by Gasteiger charge is 2.20. The first-order valence-corrected chi connectivity index (χ1v) is 7.57. The van der Waals surface area contributed by atoms with Crippen LogP contribution in [0, 0.1) is 13.8 Å². The number of ether oxygens (including phenoxy) is 1. The topological polar surface area (TPSA) is 83.5 Å². The molecule has 0 aromatic carbocycles. The summed E-state index contributed by atoms with van der Waals surface area (Å²) in [6, 6.07) is 4.08. The summed E-state index contributed by atoms with van der Waals surface area (Å²) in [6.07, 6.45) is 4.76. The molecule has 1 atom stereocenters. The van der Waals surface area contributed by atoms with Crippen LogP contribution < -0.4 is 0 Å². The molecule has 8 heteroatoms. The minimum Gasteiger partial charge on any atom is -0.379 e. The van der Waals surface area contributed by atoms with Gasteiger partial charge in [-0.1, -0.05) is 5.21 Å². The first-order valence-electron chi connectivity index (χ1n) is 7.57. The lowest BCUT2D eigenvalue weighted by molar-refractivity contribution is 0.184. The van der Waals surface area contributed by atoms with Crippen LogP contribution in [0.5, 0.6) is 0 Å². The standard InChI is InChI=1S/C15H17N7O/c1-10-7-15(17-11(2)16-10)21-5-3-13(19-21)14-8-22(20-18-14)12-4-6-23-9-12/h3,5,7-8,12H,4,6,9H2,1-2H3. The molecule has 0 spiro atoms. The van der Waals surface area contributed by atoms with Gasteiger partial charge in [0.05, 0.1) is 18.8 Å². The molecule has 1 aliphatic heterocycles. The summed E-state index contributed by atoms with van der Waals surface area (Å²) in [4.78, 5) is 8.69. The first-order chi connectivity index (χ1) is 11.2. The Kier molecular flexibility index (Phi) is 3.38. The van der Waals surface area contributed by atoms with Crippen LogP contribution in [-0.4, -0.2) is 48.0 Å². The zero-order valence-corrected chi connectivity index (χ0v) is 13.0. The Hall–Kier alpha value is -2.61. The maximum Gasteiger partial charge on any atom is 0.157 e. The molecule has 0 radical (unpaired) electrons. The second kappa shape index (κ2) is 5.54. The number of rotatable bonds is 3. The van der Waals surface area contributed by atoms with Crippen molar-refractivity contribution in [2.75, 3.05) is 13.2 Å². The summed E-state index contributed by atoms with van der Waals surface area (Å²) in [7, 11) is 0. The lowest BCUT2D eigenvalue weighted by atomic mass is 10.2. The molecule has 8 nitrogen and oxygen atoms in total. The van der Waals surface area contributed by atoms with Gasteiger partial charge in [-0.3, -0.25) is 0 Å². The van der Waals surface area contributed by atoms with Gasteiger partial charge >= 0.3 is 0 Å². The zero-order chi connectivity index (χ0) is 15.8. The predicted molar refractivity (Wildman–Crippen MR) is 82.1 cm³/mol. The second-order valence-corrected chi connectivity index (χ2v) is 5.66. The lowest BCUT2D eigenvalue weighted by Gasteiger charge is -2.04.